The van der Waals surface area contributed by atoms with Crippen molar-refractivity contribution in [2.24, 2.45) is 5.10 Å². The van der Waals surface area contributed by atoms with Gasteiger partial charge in [0.05, 0.1) is 23.5 Å². The Labute approximate surface area is 197 Å². The molecule has 0 saturated heterocycles. The average molecular weight is 506 g/mol. The first-order valence-corrected chi connectivity index (χ1v) is 14.1. The van der Waals surface area contributed by atoms with Gasteiger partial charge in [0, 0.05) is 17.0 Å². The van der Waals surface area contributed by atoms with Crippen LogP contribution in [0.25, 0.3) is 0 Å². The molecule has 0 radical (unpaired) electrons. The van der Waals surface area contributed by atoms with E-state index in [0.29, 0.717) is 29.1 Å². The van der Waals surface area contributed by atoms with E-state index >= 15 is 0 Å². The van der Waals surface area contributed by atoms with Crippen molar-refractivity contribution in [3.8, 4) is 5.75 Å². The average Bonchev–Trinajstić information content (AvgIpc) is 3.49. The third-order valence-corrected chi connectivity index (χ3v) is 9.17. The summed E-state index contributed by atoms with van der Waals surface area (Å²) < 4.78 is 59.7. The zero-order valence-corrected chi connectivity index (χ0v) is 20.5. The molecule has 0 fully saturated rings. The lowest BCUT2D eigenvalue weighted by molar-refractivity contribution is 0.375. The quantitative estimate of drug-likeness (QED) is 0.497. The fourth-order valence-electron chi connectivity index (χ4n) is 3.45. The van der Waals surface area contributed by atoms with Gasteiger partial charge in [-0.15, -0.1) is 11.3 Å². The molecule has 0 spiro atoms. The SMILES string of the molecule is CCS(=O)(=O)Nc1cccc(C2=NN(S(=O)(=O)c3ccc(OC)cc3)[C@@H](c3cccs3)C2)c1. The summed E-state index contributed by atoms with van der Waals surface area (Å²) in [6.07, 6.45) is 0.361. The van der Waals surface area contributed by atoms with Gasteiger partial charge in [-0.1, -0.05) is 18.2 Å². The number of hydrogen-bond acceptors (Lipinski definition) is 7. The van der Waals surface area contributed by atoms with Crippen LogP contribution in [0, 0.1) is 0 Å². The monoisotopic (exact) mass is 505 g/mol. The standard InChI is InChI=1S/C22H23N3O5S3/c1-3-32(26,27)24-17-7-4-6-16(14-17)20-15-21(22-8-5-13-31-22)25(23-20)33(28,29)19-11-9-18(30-2)10-12-19/h4-14,21,24H,3,15H2,1-2H3/t21-/m1/s1. The summed E-state index contributed by atoms with van der Waals surface area (Å²) in [4.78, 5) is 0.980. The van der Waals surface area contributed by atoms with E-state index in [2.05, 4.69) is 9.82 Å². The van der Waals surface area contributed by atoms with Crippen LogP contribution < -0.4 is 9.46 Å². The summed E-state index contributed by atoms with van der Waals surface area (Å²) in [5.74, 6) is 0.507. The van der Waals surface area contributed by atoms with Gasteiger partial charge in [0.1, 0.15) is 11.8 Å². The third-order valence-electron chi connectivity index (χ3n) is 5.20. The summed E-state index contributed by atoms with van der Waals surface area (Å²) in [6.45, 7) is 1.56. The zero-order valence-electron chi connectivity index (χ0n) is 18.0. The molecule has 11 heteroatoms. The highest BCUT2D eigenvalue weighted by Gasteiger charge is 2.38. The largest absolute Gasteiger partial charge is 0.497 e. The van der Waals surface area contributed by atoms with Gasteiger partial charge < -0.3 is 4.74 Å². The Bertz CT molecular complexity index is 1370. The van der Waals surface area contributed by atoms with Gasteiger partial charge in [0.25, 0.3) is 10.0 Å². The third kappa shape index (κ3) is 4.90. The maximum absolute atomic E-state index is 13.5. The van der Waals surface area contributed by atoms with E-state index in [4.69, 9.17) is 4.74 Å². The summed E-state index contributed by atoms with van der Waals surface area (Å²) in [7, 11) is -5.86. The van der Waals surface area contributed by atoms with Crippen LogP contribution in [0.15, 0.2) is 76.0 Å². The van der Waals surface area contributed by atoms with Crippen molar-refractivity contribution in [1.82, 2.24) is 4.41 Å². The number of methoxy groups -OCH3 is 1. The molecule has 0 amide bonds. The Kier molecular flexibility index (Phi) is 6.46. The molecular weight excluding hydrogens is 482 g/mol. The van der Waals surface area contributed by atoms with E-state index in [1.165, 1.54) is 30.6 Å². The molecule has 8 nitrogen and oxygen atoms in total. The molecule has 2 aromatic carbocycles. The van der Waals surface area contributed by atoms with Crippen LogP contribution in [-0.4, -0.2) is 39.8 Å². The van der Waals surface area contributed by atoms with Crippen molar-refractivity contribution >= 4 is 42.8 Å². The van der Waals surface area contributed by atoms with Crippen molar-refractivity contribution in [3.63, 3.8) is 0 Å². The number of hydrazone groups is 1. The van der Waals surface area contributed by atoms with Gasteiger partial charge >= 0.3 is 0 Å². The van der Waals surface area contributed by atoms with Crippen molar-refractivity contribution in [2.45, 2.75) is 24.3 Å². The number of rotatable bonds is 8. The van der Waals surface area contributed by atoms with Gasteiger partial charge in [-0.3, -0.25) is 4.72 Å². The van der Waals surface area contributed by atoms with E-state index in [1.807, 2.05) is 17.5 Å². The number of anilines is 1. The lowest BCUT2D eigenvalue weighted by Gasteiger charge is -2.22. The number of nitrogens with zero attached hydrogens (tertiary/aromatic N) is 2. The highest BCUT2D eigenvalue weighted by atomic mass is 32.2. The molecule has 0 saturated carbocycles. The number of hydrogen-bond donors (Lipinski definition) is 1. The molecule has 1 N–H and O–H groups in total. The van der Waals surface area contributed by atoms with Crippen LogP contribution in [0.2, 0.25) is 0 Å². The molecule has 1 aliphatic heterocycles. The van der Waals surface area contributed by atoms with Crippen LogP contribution in [0.1, 0.15) is 29.8 Å². The fourth-order valence-corrected chi connectivity index (χ4v) is 6.38. The van der Waals surface area contributed by atoms with Gasteiger partial charge in [-0.05, 0) is 60.3 Å². The first-order valence-electron chi connectivity index (χ1n) is 10.1. The smallest absolute Gasteiger partial charge is 0.279 e. The van der Waals surface area contributed by atoms with Crippen molar-refractivity contribution in [1.29, 1.82) is 0 Å². The highest BCUT2D eigenvalue weighted by Crippen LogP contribution is 2.39. The lowest BCUT2D eigenvalue weighted by Crippen LogP contribution is -2.26. The van der Waals surface area contributed by atoms with Gasteiger partial charge in [0.2, 0.25) is 10.0 Å². The predicted octanol–water partition coefficient (Wildman–Crippen LogP) is 4.06. The number of ether oxygens (including phenoxy) is 1. The second-order valence-electron chi connectivity index (χ2n) is 7.32. The lowest BCUT2D eigenvalue weighted by atomic mass is 10.0. The molecule has 4 rings (SSSR count). The highest BCUT2D eigenvalue weighted by molar-refractivity contribution is 7.92. The predicted molar refractivity (Wildman–Crippen MR) is 130 cm³/mol. The van der Waals surface area contributed by atoms with Crippen molar-refractivity contribution in [2.75, 3.05) is 17.6 Å². The normalized spacial score (nSPS) is 16.5. The van der Waals surface area contributed by atoms with Crippen LogP contribution in [0.4, 0.5) is 5.69 Å². The van der Waals surface area contributed by atoms with E-state index in [9.17, 15) is 16.8 Å². The first-order chi connectivity index (χ1) is 15.7. The molecule has 1 aromatic heterocycles. The minimum absolute atomic E-state index is 0.0491. The molecule has 0 unspecified atom stereocenters. The minimum Gasteiger partial charge on any atom is -0.497 e. The molecular formula is C22H23N3O5S3. The Morgan fingerprint density at radius 3 is 2.48 bits per heavy atom. The molecule has 1 atom stereocenters. The summed E-state index contributed by atoms with van der Waals surface area (Å²) in [6, 6.07) is 16.3. The van der Waals surface area contributed by atoms with Crippen LogP contribution in [0.5, 0.6) is 5.75 Å². The second-order valence-corrected chi connectivity index (χ2v) is 12.1. The number of benzene rings is 2. The Morgan fingerprint density at radius 2 is 1.85 bits per heavy atom. The summed E-state index contributed by atoms with van der Waals surface area (Å²) >= 11 is 1.46. The van der Waals surface area contributed by atoms with Gasteiger partial charge in [-0.2, -0.15) is 17.9 Å². The Morgan fingerprint density at radius 1 is 1.09 bits per heavy atom. The first kappa shape index (κ1) is 23.3. The number of nitrogens with one attached hydrogen (secondary N) is 1. The minimum atomic E-state index is -3.94. The number of sulfonamides is 2. The van der Waals surface area contributed by atoms with E-state index < -0.39 is 26.1 Å². The molecule has 0 bridgehead atoms. The molecule has 0 aliphatic carbocycles. The molecule has 3 aromatic rings. The van der Waals surface area contributed by atoms with Crippen LogP contribution in [0.3, 0.4) is 0 Å². The molecule has 174 valence electrons. The van der Waals surface area contributed by atoms with Gasteiger partial charge in [0.15, 0.2) is 0 Å². The fraction of sp³-hybridized carbons (Fsp3) is 0.227. The van der Waals surface area contributed by atoms with Crippen LogP contribution in [-0.2, 0) is 20.0 Å². The second kappa shape index (κ2) is 9.16. The van der Waals surface area contributed by atoms with E-state index in [1.54, 1.807) is 43.3 Å². The summed E-state index contributed by atoms with van der Waals surface area (Å²) in [5.41, 5.74) is 1.62. The van der Waals surface area contributed by atoms with E-state index in [-0.39, 0.29) is 10.6 Å². The maximum atomic E-state index is 13.5. The summed E-state index contributed by atoms with van der Waals surface area (Å²) in [5, 5.41) is 6.40. The molecule has 33 heavy (non-hydrogen) atoms. The maximum Gasteiger partial charge on any atom is 0.279 e. The number of thiophene rings is 1. The Balaban J connectivity index is 1.73. The zero-order chi connectivity index (χ0) is 23.6. The topological polar surface area (TPSA) is 105 Å². The van der Waals surface area contributed by atoms with Crippen molar-refractivity contribution < 1.29 is 21.6 Å². The molecule has 1 aliphatic rings. The van der Waals surface area contributed by atoms with Crippen LogP contribution >= 0.6 is 11.3 Å². The van der Waals surface area contributed by atoms with E-state index in [0.717, 1.165) is 9.29 Å². The Hall–Kier alpha value is -2.89. The molecule has 2 heterocycles. The van der Waals surface area contributed by atoms with Crippen molar-refractivity contribution in [3.05, 3.63) is 76.5 Å². The van der Waals surface area contributed by atoms with Gasteiger partial charge in [-0.25, -0.2) is 8.42 Å².